The summed E-state index contributed by atoms with van der Waals surface area (Å²) in [5, 5.41) is 0. The first kappa shape index (κ1) is 11.8. The maximum absolute atomic E-state index is 5.76. The molecule has 0 unspecified atom stereocenters. The molecule has 88 valence electrons. The van der Waals surface area contributed by atoms with E-state index in [0.29, 0.717) is 23.9 Å². The molecule has 0 saturated heterocycles. The first-order chi connectivity index (χ1) is 8.20. The highest BCUT2D eigenvalue weighted by Gasteiger charge is 2.09. The lowest BCUT2D eigenvalue weighted by atomic mass is 10.2. The molecule has 0 amide bonds. The highest BCUT2D eigenvalue weighted by atomic mass is 79.9. The zero-order chi connectivity index (χ0) is 12.3. The van der Waals surface area contributed by atoms with Crippen molar-refractivity contribution in [2.24, 2.45) is 0 Å². The average Bonchev–Trinajstić information content (AvgIpc) is 2.29. The lowest BCUT2D eigenvalue weighted by Gasteiger charge is -2.09. The number of pyridine rings is 1. The normalized spacial score (nSPS) is 10.2. The van der Waals surface area contributed by atoms with Gasteiger partial charge in [0.05, 0.1) is 11.8 Å². The molecule has 0 aliphatic carbocycles. The van der Waals surface area contributed by atoms with Crippen LogP contribution in [0.1, 0.15) is 12.5 Å². The predicted molar refractivity (Wildman–Crippen MR) is 67.8 cm³/mol. The van der Waals surface area contributed by atoms with Crippen molar-refractivity contribution in [3.63, 3.8) is 0 Å². The SMILES string of the molecule is CCc1c(N)ncnc1Oc1cncc(Br)c1. The molecule has 0 spiro atoms. The average molecular weight is 295 g/mol. The van der Waals surface area contributed by atoms with E-state index in [0.717, 1.165) is 10.0 Å². The van der Waals surface area contributed by atoms with Crippen molar-refractivity contribution < 1.29 is 4.74 Å². The minimum Gasteiger partial charge on any atom is -0.437 e. The molecule has 6 heteroatoms. The zero-order valence-corrected chi connectivity index (χ0v) is 10.8. The van der Waals surface area contributed by atoms with E-state index in [1.807, 2.05) is 13.0 Å². The highest BCUT2D eigenvalue weighted by Crippen LogP contribution is 2.26. The highest BCUT2D eigenvalue weighted by molar-refractivity contribution is 9.10. The van der Waals surface area contributed by atoms with E-state index in [1.54, 1.807) is 12.4 Å². The van der Waals surface area contributed by atoms with Crippen molar-refractivity contribution in [3.05, 3.63) is 34.8 Å². The minimum absolute atomic E-state index is 0.445. The number of hydrogen-bond donors (Lipinski definition) is 1. The molecule has 0 atom stereocenters. The van der Waals surface area contributed by atoms with Crippen molar-refractivity contribution in [1.82, 2.24) is 15.0 Å². The van der Waals surface area contributed by atoms with Crippen LogP contribution in [0.15, 0.2) is 29.3 Å². The summed E-state index contributed by atoms with van der Waals surface area (Å²) in [6.45, 7) is 1.97. The molecule has 5 nitrogen and oxygen atoms in total. The molecule has 2 heterocycles. The Balaban J connectivity index is 2.33. The molecule has 17 heavy (non-hydrogen) atoms. The third kappa shape index (κ3) is 2.71. The smallest absolute Gasteiger partial charge is 0.227 e. The summed E-state index contributed by atoms with van der Waals surface area (Å²) >= 11 is 3.33. The quantitative estimate of drug-likeness (QED) is 0.942. The van der Waals surface area contributed by atoms with Crippen LogP contribution in [-0.4, -0.2) is 15.0 Å². The fraction of sp³-hybridized carbons (Fsp3) is 0.182. The Bertz CT molecular complexity index is 533. The predicted octanol–water partition coefficient (Wildman–Crippen LogP) is 2.57. The topological polar surface area (TPSA) is 73.9 Å². The van der Waals surface area contributed by atoms with Gasteiger partial charge in [0.15, 0.2) is 0 Å². The van der Waals surface area contributed by atoms with Crippen LogP contribution < -0.4 is 10.5 Å². The van der Waals surface area contributed by atoms with Crippen molar-refractivity contribution in [1.29, 1.82) is 0 Å². The Morgan fingerprint density at radius 2 is 2.18 bits per heavy atom. The van der Waals surface area contributed by atoms with Crippen LogP contribution in [0, 0.1) is 0 Å². The van der Waals surface area contributed by atoms with Crippen LogP contribution >= 0.6 is 15.9 Å². The number of nitrogens with zero attached hydrogens (tertiary/aromatic N) is 3. The Morgan fingerprint density at radius 3 is 2.88 bits per heavy atom. The monoisotopic (exact) mass is 294 g/mol. The van der Waals surface area contributed by atoms with Gasteiger partial charge in [-0.3, -0.25) is 4.98 Å². The second-order valence-corrected chi connectivity index (χ2v) is 4.25. The van der Waals surface area contributed by atoms with Crippen LogP contribution in [0.2, 0.25) is 0 Å². The third-order valence-corrected chi connectivity index (χ3v) is 2.62. The van der Waals surface area contributed by atoms with Gasteiger partial charge in [-0.15, -0.1) is 0 Å². The number of aromatic nitrogens is 3. The molecule has 2 aromatic heterocycles. The molecule has 0 fully saturated rings. The molecular formula is C11H11BrN4O. The van der Waals surface area contributed by atoms with E-state index in [2.05, 4.69) is 30.9 Å². The molecule has 2 N–H and O–H groups in total. The minimum atomic E-state index is 0.445. The summed E-state index contributed by atoms with van der Waals surface area (Å²) < 4.78 is 6.48. The van der Waals surface area contributed by atoms with Gasteiger partial charge >= 0.3 is 0 Å². The van der Waals surface area contributed by atoms with Crippen LogP contribution in [0.4, 0.5) is 5.82 Å². The molecule has 0 saturated carbocycles. The summed E-state index contributed by atoms with van der Waals surface area (Å²) in [5.74, 6) is 1.52. The van der Waals surface area contributed by atoms with Crippen molar-refractivity contribution in [2.45, 2.75) is 13.3 Å². The maximum Gasteiger partial charge on any atom is 0.227 e. The molecule has 2 rings (SSSR count). The Morgan fingerprint density at radius 1 is 1.35 bits per heavy atom. The van der Waals surface area contributed by atoms with Gasteiger partial charge in [0.25, 0.3) is 0 Å². The number of ether oxygens (including phenoxy) is 1. The molecule has 0 aromatic carbocycles. The van der Waals surface area contributed by atoms with E-state index in [9.17, 15) is 0 Å². The largest absolute Gasteiger partial charge is 0.437 e. The van der Waals surface area contributed by atoms with Gasteiger partial charge in [-0.25, -0.2) is 9.97 Å². The third-order valence-electron chi connectivity index (χ3n) is 2.19. The summed E-state index contributed by atoms with van der Waals surface area (Å²) in [4.78, 5) is 12.0. The molecule has 0 aliphatic rings. The standard InChI is InChI=1S/C11H11BrN4O/c1-2-9-10(13)15-6-16-11(9)17-8-3-7(12)4-14-5-8/h3-6H,2H2,1H3,(H2,13,15,16). The van der Waals surface area contributed by atoms with E-state index >= 15 is 0 Å². The lowest BCUT2D eigenvalue weighted by molar-refractivity contribution is 0.453. The van der Waals surface area contributed by atoms with Crippen molar-refractivity contribution >= 4 is 21.7 Å². The molecule has 0 radical (unpaired) electrons. The molecule has 0 bridgehead atoms. The lowest BCUT2D eigenvalue weighted by Crippen LogP contribution is -2.01. The molecule has 2 aromatic rings. The number of halogens is 1. The van der Waals surface area contributed by atoms with Crippen LogP contribution in [0.25, 0.3) is 0 Å². The second kappa shape index (κ2) is 5.09. The summed E-state index contributed by atoms with van der Waals surface area (Å²) in [5.41, 5.74) is 6.56. The van der Waals surface area contributed by atoms with Crippen LogP contribution in [0.3, 0.4) is 0 Å². The number of nitrogens with two attached hydrogens (primary N) is 1. The Labute approximate surface area is 107 Å². The van der Waals surface area contributed by atoms with E-state index < -0.39 is 0 Å². The summed E-state index contributed by atoms with van der Waals surface area (Å²) in [7, 11) is 0. The Kier molecular flexibility index (Phi) is 3.53. The van der Waals surface area contributed by atoms with Gasteiger partial charge in [0, 0.05) is 10.7 Å². The van der Waals surface area contributed by atoms with E-state index in [-0.39, 0.29) is 0 Å². The number of rotatable bonds is 3. The van der Waals surface area contributed by atoms with Gasteiger partial charge in [-0.05, 0) is 28.4 Å². The van der Waals surface area contributed by atoms with Gasteiger partial charge < -0.3 is 10.5 Å². The second-order valence-electron chi connectivity index (χ2n) is 3.34. The van der Waals surface area contributed by atoms with Gasteiger partial charge in [0.2, 0.25) is 5.88 Å². The molecular weight excluding hydrogens is 284 g/mol. The van der Waals surface area contributed by atoms with Crippen LogP contribution in [-0.2, 0) is 6.42 Å². The summed E-state index contributed by atoms with van der Waals surface area (Å²) in [6.07, 6.45) is 5.39. The maximum atomic E-state index is 5.76. The Hall–Kier alpha value is -1.69. The summed E-state index contributed by atoms with van der Waals surface area (Å²) in [6, 6.07) is 1.81. The molecule has 0 aliphatic heterocycles. The fourth-order valence-electron chi connectivity index (χ4n) is 1.39. The van der Waals surface area contributed by atoms with Crippen molar-refractivity contribution in [3.8, 4) is 11.6 Å². The van der Waals surface area contributed by atoms with E-state index in [4.69, 9.17) is 10.5 Å². The fourth-order valence-corrected chi connectivity index (χ4v) is 1.73. The van der Waals surface area contributed by atoms with Crippen LogP contribution in [0.5, 0.6) is 11.6 Å². The zero-order valence-electron chi connectivity index (χ0n) is 9.22. The number of hydrogen-bond acceptors (Lipinski definition) is 5. The first-order valence-corrected chi connectivity index (χ1v) is 5.87. The van der Waals surface area contributed by atoms with Gasteiger partial charge in [-0.1, -0.05) is 6.92 Å². The van der Waals surface area contributed by atoms with Crippen molar-refractivity contribution in [2.75, 3.05) is 5.73 Å². The van der Waals surface area contributed by atoms with Gasteiger partial charge in [0.1, 0.15) is 17.9 Å². The van der Waals surface area contributed by atoms with E-state index in [1.165, 1.54) is 6.33 Å². The number of anilines is 1. The first-order valence-electron chi connectivity index (χ1n) is 5.08. The van der Waals surface area contributed by atoms with Gasteiger partial charge in [-0.2, -0.15) is 0 Å². The number of nitrogen functional groups attached to an aromatic ring is 1.